The van der Waals surface area contributed by atoms with Gasteiger partial charge in [-0.1, -0.05) is 46.7 Å². The Bertz CT molecular complexity index is 894. The minimum Gasteiger partial charge on any atom is -0.461 e. The van der Waals surface area contributed by atoms with Gasteiger partial charge in [0.2, 0.25) is 0 Å². The van der Waals surface area contributed by atoms with Crippen LogP contribution in [-0.2, 0) is 25.8 Å². The second-order valence-electron chi connectivity index (χ2n) is 5.87. The summed E-state index contributed by atoms with van der Waals surface area (Å²) in [5.41, 5.74) is 2.92. The number of hydrogen-bond donors (Lipinski definition) is 0. The van der Waals surface area contributed by atoms with Gasteiger partial charge in [-0.15, -0.1) is 0 Å². The molecule has 28 heavy (non-hydrogen) atoms. The molecule has 148 valence electrons. The topological polar surface area (TPSA) is 69.5 Å². The van der Waals surface area contributed by atoms with E-state index in [1.165, 1.54) is 13.2 Å². The van der Waals surface area contributed by atoms with E-state index in [0.29, 0.717) is 22.4 Å². The lowest BCUT2D eigenvalue weighted by Gasteiger charge is -2.13. The molecular weight excluding hydrogens is 363 g/mol. The van der Waals surface area contributed by atoms with E-state index >= 15 is 0 Å². The Kier molecular flexibility index (Phi) is 7.68. The Balaban J connectivity index is 2.29. The molecule has 0 atom stereocenters. The number of rotatable bonds is 8. The van der Waals surface area contributed by atoms with Crippen molar-refractivity contribution in [3.05, 3.63) is 70.5 Å². The van der Waals surface area contributed by atoms with E-state index in [-0.39, 0.29) is 24.7 Å². The van der Waals surface area contributed by atoms with Gasteiger partial charge in [0, 0.05) is 16.7 Å². The zero-order chi connectivity index (χ0) is 20.5. The largest absolute Gasteiger partial charge is 0.461 e. The van der Waals surface area contributed by atoms with Gasteiger partial charge >= 0.3 is 5.97 Å². The molecule has 0 spiro atoms. The van der Waals surface area contributed by atoms with Crippen LogP contribution in [0.1, 0.15) is 36.1 Å². The molecule has 2 aromatic rings. The number of oxime groups is 2. The molecule has 0 bridgehead atoms. The van der Waals surface area contributed by atoms with Crippen LogP contribution in [-0.4, -0.2) is 31.1 Å². The molecule has 0 aliphatic carbocycles. The highest BCUT2D eigenvalue weighted by molar-refractivity contribution is 6.43. The Morgan fingerprint density at radius 2 is 1.79 bits per heavy atom. The highest BCUT2D eigenvalue weighted by Gasteiger charge is 2.21. The molecule has 0 amide bonds. The quantitative estimate of drug-likeness (QED) is 0.391. The molecular formula is C21H23FN2O4. The molecule has 0 radical (unpaired) electrons. The molecule has 6 nitrogen and oxygen atoms in total. The van der Waals surface area contributed by atoms with Crippen molar-refractivity contribution in [3.8, 4) is 0 Å². The molecule has 0 saturated carbocycles. The SMILES string of the molecule is CCOC(=O)/C(=N/OC)c1cccc(C)c1CO/N=C(\C)c1ccccc1F. The summed E-state index contributed by atoms with van der Waals surface area (Å²) in [6, 6.07) is 11.7. The van der Waals surface area contributed by atoms with E-state index in [9.17, 15) is 9.18 Å². The van der Waals surface area contributed by atoms with Gasteiger partial charge in [-0.3, -0.25) is 0 Å². The van der Waals surface area contributed by atoms with E-state index in [0.717, 1.165) is 5.56 Å². The Labute approximate surface area is 163 Å². The summed E-state index contributed by atoms with van der Waals surface area (Å²) in [7, 11) is 1.35. The van der Waals surface area contributed by atoms with Crippen molar-refractivity contribution in [1.82, 2.24) is 0 Å². The maximum atomic E-state index is 13.9. The second-order valence-corrected chi connectivity index (χ2v) is 5.87. The summed E-state index contributed by atoms with van der Waals surface area (Å²) >= 11 is 0. The monoisotopic (exact) mass is 386 g/mol. The average molecular weight is 386 g/mol. The molecule has 2 rings (SSSR count). The lowest BCUT2D eigenvalue weighted by Crippen LogP contribution is -2.21. The van der Waals surface area contributed by atoms with Gasteiger partial charge in [-0.05, 0) is 32.4 Å². The molecule has 0 aliphatic heterocycles. The predicted molar refractivity (Wildman–Crippen MR) is 105 cm³/mol. The Hall–Kier alpha value is -3.22. The number of carbonyl (C=O) groups is 1. The lowest BCUT2D eigenvalue weighted by atomic mass is 9.99. The number of esters is 1. The summed E-state index contributed by atoms with van der Waals surface area (Å²) in [6.07, 6.45) is 0. The van der Waals surface area contributed by atoms with Crippen molar-refractivity contribution < 1.29 is 23.6 Å². The third-order valence-electron chi connectivity index (χ3n) is 3.99. The molecule has 0 fully saturated rings. The van der Waals surface area contributed by atoms with Crippen molar-refractivity contribution in [3.63, 3.8) is 0 Å². The fraction of sp³-hybridized carbons (Fsp3) is 0.286. The van der Waals surface area contributed by atoms with Crippen LogP contribution >= 0.6 is 0 Å². The number of benzene rings is 2. The first-order chi connectivity index (χ1) is 13.5. The minimum atomic E-state index is -0.595. The highest BCUT2D eigenvalue weighted by atomic mass is 19.1. The smallest absolute Gasteiger partial charge is 0.361 e. The van der Waals surface area contributed by atoms with Crippen molar-refractivity contribution in [2.24, 2.45) is 10.3 Å². The van der Waals surface area contributed by atoms with Gasteiger partial charge in [0.05, 0.1) is 12.3 Å². The fourth-order valence-electron chi connectivity index (χ4n) is 2.60. The average Bonchev–Trinajstić information content (AvgIpc) is 2.68. The molecule has 0 aliphatic rings. The number of nitrogens with zero attached hydrogens (tertiary/aromatic N) is 2. The van der Waals surface area contributed by atoms with Crippen LogP contribution in [0.5, 0.6) is 0 Å². The number of aryl methyl sites for hydroxylation is 1. The van der Waals surface area contributed by atoms with E-state index < -0.39 is 5.97 Å². The second kappa shape index (κ2) is 10.2. The number of hydrogen-bond acceptors (Lipinski definition) is 6. The minimum absolute atomic E-state index is 0.0430. The molecule has 0 unspecified atom stereocenters. The Morgan fingerprint density at radius 3 is 2.46 bits per heavy atom. The van der Waals surface area contributed by atoms with E-state index in [1.807, 2.05) is 13.0 Å². The van der Waals surface area contributed by atoms with Gasteiger partial charge < -0.3 is 14.4 Å². The summed E-state index contributed by atoms with van der Waals surface area (Å²) in [6.45, 7) is 5.53. The van der Waals surface area contributed by atoms with Crippen molar-refractivity contribution in [2.75, 3.05) is 13.7 Å². The molecule has 0 aromatic heterocycles. The van der Waals surface area contributed by atoms with Crippen LogP contribution in [0.15, 0.2) is 52.8 Å². The normalized spacial score (nSPS) is 11.9. The first kappa shape index (κ1) is 21.1. The number of ether oxygens (including phenoxy) is 1. The summed E-state index contributed by atoms with van der Waals surface area (Å²) < 4.78 is 18.9. The van der Waals surface area contributed by atoms with Gasteiger partial charge in [0.1, 0.15) is 19.5 Å². The zero-order valence-corrected chi connectivity index (χ0v) is 16.4. The van der Waals surface area contributed by atoms with E-state index in [1.54, 1.807) is 44.2 Å². The third-order valence-corrected chi connectivity index (χ3v) is 3.99. The van der Waals surface area contributed by atoms with Gasteiger partial charge in [-0.25, -0.2) is 9.18 Å². The molecule has 7 heteroatoms. The van der Waals surface area contributed by atoms with Gasteiger partial charge in [0.25, 0.3) is 0 Å². The standard InChI is InChI=1S/C21H23FN2O4/c1-5-27-21(25)20(24-26-4)17-11-8-9-14(2)18(17)13-28-23-15(3)16-10-6-7-12-19(16)22/h6-12H,5,13H2,1-4H3/b23-15+,24-20+. The van der Waals surface area contributed by atoms with Crippen molar-refractivity contribution in [1.29, 1.82) is 0 Å². The molecule has 0 heterocycles. The van der Waals surface area contributed by atoms with Crippen LogP contribution < -0.4 is 0 Å². The number of carbonyl (C=O) groups excluding carboxylic acids is 1. The first-order valence-corrected chi connectivity index (χ1v) is 8.78. The first-order valence-electron chi connectivity index (χ1n) is 8.78. The third kappa shape index (κ3) is 5.16. The lowest BCUT2D eigenvalue weighted by molar-refractivity contribution is -0.135. The molecule has 0 N–H and O–H groups in total. The summed E-state index contributed by atoms with van der Waals surface area (Å²) in [5, 5.41) is 7.83. The Morgan fingerprint density at radius 1 is 1.07 bits per heavy atom. The molecule has 2 aromatic carbocycles. The van der Waals surface area contributed by atoms with Gasteiger partial charge in [0.15, 0.2) is 5.71 Å². The zero-order valence-electron chi connectivity index (χ0n) is 16.4. The van der Waals surface area contributed by atoms with E-state index in [2.05, 4.69) is 10.3 Å². The van der Waals surface area contributed by atoms with E-state index in [4.69, 9.17) is 14.4 Å². The summed E-state index contributed by atoms with van der Waals surface area (Å²) in [5.74, 6) is -0.969. The molecule has 0 saturated heterocycles. The van der Waals surface area contributed by atoms with Crippen LogP contribution in [0.2, 0.25) is 0 Å². The van der Waals surface area contributed by atoms with Crippen LogP contribution in [0, 0.1) is 12.7 Å². The fourth-order valence-corrected chi connectivity index (χ4v) is 2.60. The predicted octanol–water partition coefficient (Wildman–Crippen LogP) is 3.99. The maximum absolute atomic E-state index is 13.9. The van der Waals surface area contributed by atoms with Crippen LogP contribution in [0.3, 0.4) is 0 Å². The summed E-state index contributed by atoms with van der Waals surface area (Å²) in [4.78, 5) is 22.5. The van der Waals surface area contributed by atoms with Crippen molar-refractivity contribution in [2.45, 2.75) is 27.4 Å². The number of halogens is 1. The van der Waals surface area contributed by atoms with Crippen LogP contribution in [0.4, 0.5) is 4.39 Å². The van der Waals surface area contributed by atoms with Crippen molar-refractivity contribution >= 4 is 17.4 Å². The van der Waals surface area contributed by atoms with Crippen LogP contribution in [0.25, 0.3) is 0 Å². The maximum Gasteiger partial charge on any atom is 0.361 e. The highest BCUT2D eigenvalue weighted by Crippen LogP contribution is 2.18. The van der Waals surface area contributed by atoms with Gasteiger partial charge in [-0.2, -0.15) is 0 Å².